The van der Waals surface area contributed by atoms with Gasteiger partial charge in [-0.15, -0.1) is 0 Å². The van der Waals surface area contributed by atoms with Gasteiger partial charge in [0, 0.05) is 20.1 Å². The Bertz CT molecular complexity index is 707. The molecule has 140 valence electrons. The third kappa shape index (κ3) is 5.05. The molecule has 6 nitrogen and oxygen atoms in total. The Balaban J connectivity index is 2.18. The van der Waals surface area contributed by atoms with Crippen LogP contribution in [-0.4, -0.2) is 43.8 Å². The van der Waals surface area contributed by atoms with Crippen LogP contribution >= 0.6 is 0 Å². The summed E-state index contributed by atoms with van der Waals surface area (Å²) in [5, 5.41) is 13.3. The van der Waals surface area contributed by atoms with Crippen LogP contribution in [0.2, 0.25) is 0 Å². The van der Waals surface area contributed by atoms with E-state index in [0.717, 1.165) is 24.6 Å². The minimum atomic E-state index is -0.00386. The summed E-state index contributed by atoms with van der Waals surface area (Å²) in [5.41, 5.74) is 2.11. The number of guanidine groups is 1. The zero-order valence-electron chi connectivity index (χ0n) is 15.8. The second kappa shape index (κ2) is 9.56. The van der Waals surface area contributed by atoms with E-state index < -0.39 is 0 Å². The Morgan fingerprint density at radius 2 is 1.69 bits per heavy atom. The highest BCUT2D eigenvalue weighted by atomic mass is 16.5. The maximum Gasteiger partial charge on any atom is 0.200 e. The second-order valence-corrected chi connectivity index (χ2v) is 5.86. The largest absolute Gasteiger partial charge is 0.502 e. The quantitative estimate of drug-likeness (QED) is 0.589. The number of hydrogen-bond donors (Lipinski definition) is 2. The first-order valence-electron chi connectivity index (χ1n) is 8.56. The predicted octanol–water partition coefficient (Wildman–Crippen LogP) is 3.01. The summed E-state index contributed by atoms with van der Waals surface area (Å²) in [7, 11) is 5.03. The van der Waals surface area contributed by atoms with Crippen LogP contribution < -0.4 is 14.8 Å². The number of ether oxygens (including phenoxy) is 2. The highest BCUT2D eigenvalue weighted by Gasteiger charge is 2.12. The van der Waals surface area contributed by atoms with Crippen molar-refractivity contribution in [2.75, 3.05) is 27.8 Å². The van der Waals surface area contributed by atoms with Gasteiger partial charge in [0.05, 0.1) is 20.8 Å². The first-order chi connectivity index (χ1) is 12.6. The van der Waals surface area contributed by atoms with E-state index >= 15 is 0 Å². The van der Waals surface area contributed by atoms with Crippen molar-refractivity contribution >= 4 is 5.96 Å². The molecule has 0 aliphatic heterocycles. The number of rotatable bonds is 7. The fraction of sp³-hybridized carbons (Fsp3) is 0.350. The number of nitrogens with zero attached hydrogens (tertiary/aromatic N) is 2. The molecule has 0 unspecified atom stereocenters. The number of methoxy groups -OCH3 is 2. The van der Waals surface area contributed by atoms with Gasteiger partial charge >= 0.3 is 0 Å². The molecule has 0 radical (unpaired) electrons. The van der Waals surface area contributed by atoms with Crippen LogP contribution in [0.1, 0.15) is 18.1 Å². The summed E-state index contributed by atoms with van der Waals surface area (Å²) >= 11 is 0. The molecule has 0 amide bonds. The molecule has 26 heavy (non-hydrogen) atoms. The smallest absolute Gasteiger partial charge is 0.200 e. The van der Waals surface area contributed by atoms with Gasteiger partial charge in [-0.25, -0.2) is 4.99 Å². The molecule has 2 N–H and O–H groups in total. The van der Waals surface area contributed by atoms with Crippen LogP contribution in [0.4, 0.5) is 0 Å². The first-order valence-corrected chi connectivity index (χ1v) is 8.56. The summed E-state index contributed by atoms with van der Waals surface area (Å²) in [4.78, 5) is 6.78. The van der Waals surface area contributed by atoms with Crippen molar-refractivity contribution < 1.29 is 14.6 Å². The number of benzene rings is 2. The van der Waals surface area contributed by atoms with Gasteiger partial charge in [-0.2, -0.15) is 0 Å². The zero-order chi connectivity index (χ0) is 18.9. The molecule has 0 aliphatic carbocycles. The Morgan fingerprint density at radius 3 is 2.23 bits per heavy atom. The van der Waals surface area contributed by atoms with Crippen molar-refractivity contribution in [2.24, 2.45) is 4.99 Å². The number of nitrogens with one attached hydrogen (secondary N) is 1. The van der Waals surface area contributed by atoms with Crippen molar-refractivity contribution in [2.45, 2.75) is 20.0 Å². The van der Waals surface area contributed by atoms with Crippen molar-refractivity contribution in [3.63, 3.8) is 0 Å². The van der Waals surface area contributed by atoms with Crippen LogP contribution in [0.25, 0.3) is 0 Å². The molecule has 0 heterocycles. The monoisotopic (exact) mass is 357 g/mol. The summed E-state index contributed by atoms with van der Waals surface area (Å²) < 4.78 is 10.4. The van der Waals surface area contributed by atoms with Gasteiger partial charge in [0.15, 0.2) is 17.5 Å². The van der Waals surface area contributed by atoms with Gasteiger partial charge in [0.2, 0.25) is 5.75 Å². The lowest BCUT2D eigenvalue weighted by Gasteiger charge is -2.22. The van der Waals surface area contributed by atoms with Gasteiger partial charge in [0.25, 0.3) is 0 Å². The van der Waals surface area contributed by atoms with E-state index in [9.17, 15) is 5.11 Å². The Labute approximate surface area is 155 Å². The van der Waals surface area contributed by atoms with E-state index in [-0.39, 0.29) is 5.75 Å². The standard InChI is InChI=1S/C20H27N3O3/c1-5-21-20(23(2)14-15-9-7-6-8-10-15)22-13-16-11-17(25-3)19(24)18(12-16)26-4/h6-12,24H,5,13-14H2,1-4H3,(H,21,22). The number of aliphatic imine (C=N–C) groups is 1. The van der Waals surface area contributed by atoms with Crippen LogP contribution in [0.5, 0.6) is 17.2 Å². The number of hydrogen-bond acceptors (Lipinski definition) is 4. The van der Waals surface area contributed by atoms with Gasteiger partial charge in [-0.1, -0.05) is 30.3 Å². The van der Waals surface area contributed by atoms with E-state index in [1.165, 1.54) is 19.8 Å². The van der Waals surface area contributed by atoms with Crippen LogP contribution in [-0.2, 0) is 13.1 Å². The lowest BCUT2D eigenvalue weighted by molar-refractivity contribution is 0.339. The lowest BCUT2D eigenvalue weighted by atomic mass is 10.2. The molecule has 0 aromatic heterocycles. The van der Waals surface area contributed by atoms with Crippen molar-refractivity contribution in [1.82, 2.24) is 10.2 Å². The van der Waals surface area contributed by atoms with Crippen molar-refractivity contribution in [3.8, 4) is 17.2 Å². The van der Waals surface area contributed by atoms with Crippen LogP contribution in [0.3, 0.4) is 0 Å². The van der Waals surface area contributed by atoms with Gasteiger partial charge < -0.3 is 24.8 Å². The first kappa shape index (κ1) is 19.4. The van der Waals surface area contributed by atoms with E-state index in [2.05, 4.69) is 22.3 Å². The number of phenolic OH excluding ortho intramolecular Hbond substituents is 1. The number of aromatic hydroxyl groups is 1. The highest BCUT2D eigenvalue weighted by molar-refractivity contribution is 5.79. The third-order valence-electron chi connectivity index (χ3n) is 3.91. The second-order valence-electron chi connectivity index (χ2n) is 5.86. The molecule has 0 fully saturated rings. The number of phenols is 1. The molecular weight excluding hydrogens is 330 g/mol. The fourth-order valence-electron chi connectivity index (χ4n) is 2.61. The molecule has 0 saturated carbocycles. The van der Waals surface area contributed by atoms with E-state index in [4.69, 9.17) is 14.5 Å². The molecule has 2 aromatic carbocycles. The topological polar surface area (TPSA) is 66.3 Å². The van der Waals surface area contributed by atoms with Crippen LogP contribution in [0, 0.1) is 0 Å². The molecular formula is C20H27N3O3. The highest BCUT2D eigenvalue weighted by Crippen LogP contribution is 2.37. The van der Waals surface area contributed by atoms with Crippen molar-refractivity contribution in [3.05, 3.63) is 53.6 Å². The molecule has 0 atom stereocenters. The maximum atomic E-state index is 10.0. The fourth-order valence-corrected chi connectivity index (χ4v) is 2.61. The average molecular weight is 357 g/mol. The molecule has 0 saturated heterocycles. The Morgan fingerprint density at radius 1 is 1.08 bits per heavy atom. The molecule has 0 bridgehead atoms. The normalized spacial score (nSPS) is 11.2. The van der Waals surface area contributed by atoms with E-state index in [0.29, 0.717) is 18.0 Å². The summed E-state index contributed by atoms with van der Waals surface area (Å²) in [6, 6.07) is 13.8. The Kier molecular flexibility index (Phi) is 7.14. The zero-order valence-corrected chi connectivity index (χ0v) is 15.8. The minimum Gasteiger partial charge on any atom is -0.502 e. The Hall–Kier alpha value is -2.89. The third-order valence-corrected chi connectivity index (χ3v) is 3.91. The summed E-state index contributed by atoms with van der Waals surface area (Å²) in [6.45, 7) is 4.02. The average Bonchev–Trinajstić information content (AvgIpc) is 2.66. The maximum absolute atomic E-state index is 10.0. The van der Waals surface area contributed by atoms with E-state index in [1.54, 1.807) is 12.1 Å². The summed E-state index contributed by atoms with van der Waals surface area (Å²) in [6.07, 6.45) is 0. The van der Waals surface area contributed by atoms with Gasteiger partial charge in [-0.3, -0.25) is 0 Å². The van der Waals surface area contributed by atoms with Crippen LogP contribution in [0.15, 0.2) is 47.5 Å². The van der Waals surface area contributed by atoms with Gasteiger partial charge in [0.1, 0.15) is 0 Å². The van der Waals surface area contributed by atoms with E-state index in [1.807, 2.05) is 32.2 Å². The lowest BCUT2D eigenvalue weighted by Crippen LogP contribution is -2.38. The molecule has 0 spiro atoms. The van der Waals surface area contributed by atoms with Gasteiger partial charge in [-0.05, 0) is 30.2 Å². The molecule has 2 rings (SSSR count). The SMILES string of the molecule is CCNC(=NCc1cc(OC)c(O)c(OC)c1)N(C)Cc1ccccc1. The molecule has 6 heteroatoms. The predicted molar refractivity (Wildman–Crippen MR) is 104 cm³/mol. The summed E-state index contributed by atoms with van der Waals surface area (Å²) in [5.74, 6) is 1.55. The molecule has 2 aromatic rings. The minimum absolute atomic E-state index is 0.00386. The molecule has 0 aliphatic rings. The van der Waals surface area contributed by atoms with Crippen molar-refractivity contribution in [1.29, 1.82) is 0 Å².